The molecule has 0 bridgehead atoms. The van der Waals surface area contributed by atoms with Crippen molar-refractivity contribution in [3.63, 3.8) is 0 Å². The highest BCUT2D eigenvalue weighted by Gasteiger charge is 2.30. The summed E-state index contributed by atoms with van der Waals surface area (Å²) in [6.07, 6.45) is 0.686. The lowest BCUT2D eigenvalue weighted by Gasteiger charge is -2.31. The summed E-state index contributed by atoms with van der Waals surface area (Å²) in [5, 5.41) is 2.92. The molecule has 0 aromatic heterocycles. The lowest BCUT2D eigenvalue weighted by atomic mass is 10.0. The molecular formula is C27H30N2O3. The molecule has 0 fully saturated rings. The average molecular weight is 431 g/mol. The van der Waals surface area contributed by atoms with E-state index in [0.29, 0.717) is 19.5 Å². The molecule has 0 saturated heterocycles. The number of hydrogen-bond donors (Lipinski definition) is 1. The first-order chi connectivity index (χ1) is 15.6. The highest BCUT2D eigenvalue weighted by molar-refractivity contribution is 5.88. The third kappa shape index (κ3) is 6.45. The minimum Gasteiger partial charge on any atom is -0.497 e. The van der Waals surface area contributed by atoms with Gasteiger partial charge in [-0.1, -0.05) is 72.8 Å². The van der Waals surface area contributed by atoms with Crippen molar-refractivity contribution in [1.82, 2.24) is 10.2 Å². The molecule has 3 aromatic rings. The summed E-state index contributed by atoms with van der Waals surface area (Å²) in [6, 6.07) is 26.4. The molecule has 3 aromatic carbocycles. The molecule has 0 saturated carbocycles. The second kappa shape index (κ2) is 11.7. The van der Waals surface area contributed by atoms with E-state index in [9.17, 15) is 9.59 Å². The van der Waals surface area contributed by atoms with Gasteiger partial charge in [-0.05, 0) is 35.7 Å². The Labute approximate surface area is 190 Å². The highest BCUT2D eigenvalue weighted by atomic mass is 16.5. The molecule has 0 heterocycles. The number of carbonyl (C=O) groups is 2. The number of likely N-dealkylation sites (N-methyl/N-ethyl adjacent to an activating group) is 1. The Morgan fingerprint density at radius 2 is 1.44 bits per heavy atom. The van der Waals surface area contributed by atoms with Crippen molar-refractivity contribution in [2.75, 3.05) is 13.7 Å². The van der Waals surface area contributed by atoms with E-state index < -0.39 is 6.04 Å². The molecule has 1 N–H and O–H groups in total. The van der Waals surface area contributed by atoms with Crippen LogP contribution in [0.2, 0.25) is 0 Å². The maximum Gasteiger partial charge on any atom is 0.243 e. The van der Waals surface area contributed by atoms with Gasteiger partial charge in [0, 0.05) is 19.5 Å². The zero-order valence-corrected chi connectivity index (χ0v) is 18.7. The van der Waals surface area contributed by atoms with E-state index in [1.165, 1.54) is 0 Å². The van der Waals surface area contributed by atoms with Crippen molar-refractivity contribution in [2.45, 2.75) is 32.4 Å². The highest BCUT2D eigenvalue weighted by Crippen LogP contribution is 2.18. The van der Waals surface area contributed by atoms with Crippen LogP contribution in [0.5, 0.6) is 5.75 Å². The number of methoxy groups -OCH3 is 1. The van der Waals surface area contributed by atoms with Gasteiger partial charge in [0.05, 0.1) is 13.5 Å². The number of ether oxygens (including phenoxy) is 1. The summed E-state index contributed by atoms with van der Waals surface area (Å²) in [5.74, 6) is 0.519. The third-order valence-corrected chi connectivity index (χ3v) is 5.33. The van der Waals surface area contributed by atoms with Gasteiger partial charge in [-0.15, -0.1) is 0 Å². The Bertz CT molecular complexity index is 988. The van der Waals surface area contributed by atoms with Gasteiger partial charge in [0.15, 0.2) is 0 Å². The quantitative estimate of drug-likeness (QED) is 0.529. The van der Waals surface area contributed by atoms with Gasteiger partial charge < -0.3 is 15.0 Å². The smallest absolute Gasteiger partial charge is 0.243 e. The van der Waals surface area contributed by atoms with Crippen LogP contribution in [0.1, 0.15) is 23.6 Å². The lowest BCUT2D eigenvalue weighted by molar-refractivity contribution is -0.140. The largest absolute Gasteiger partial charge is 0.497 e. The standard InChI is InChI=1S/C27H30N2O3/c1-3-28-27(31)25(18-21-10-6-4-7-11-21)29(20-23-14-16-24(32-2)17-15-23)26(30)19-22-12-8-5-9-13-22/h4-17,25H,3,18-20H2,1-2H3,(H,28,31)/t25-/m1/s1. The molecule has 5 nitrogen and oxygen atoms in total. The molecule has 0 unspecified atom stereocenters. The normalized spacial score (nSPS) is 11.4. The van der Waals surface area contributed by atoms with Crippen LogP contribution in [-0.2, 0) is 29.0 Å². The Morgan fingerprint density at radius 3 is 2.00 bits per heavy atom. The Balaban J connectivity index is 1.93. The van der Waals surface area contributed by atoms with E-state index in [1.54, 1.807) is 12.0 Å². The number of nitrogens with zero attached hydrogens (tertiary/aromatic N) is 1. The summed E-state index contributed by atoms with van der Waals surface area (Å²) in [4.78, 5) is 28.3. The number of rotatable bonds is 10. The van der Waals surface area contributed by atoms with Crippen LogP contribution in [0.4, 0.5) is 0 Å². The molecule has 3 rings (SSSR count). The zero-order valence-electron chi connectivity index (χ0n) is 18.7. The van der Waals surface area contributed by atoms with Crippen molar-refractivity contribution in [3.05, 3.63) is 102 Å². The van der Waals surface area contributed by atoms with Crippen molar-refractivity contribution < 1.29 is 14.3 Å². The van der Waals surface area contributed by atoms with Gasteiger partial charge in [0.1, 0.15) is 11.8 Å². The van der Waals surface area contributed by atoms with E-state index in [4.69, 9.17) is 4.74 Å². The van der Waals surface area contributed by atoms with Gasteiger partial charge >= 0.3 is 0 Å². The number of hydrogen-bond acceptors (Lipinski definition) is 3. The van der Waals surface area contributed by atoms with Crippen LogP contribution in [0.3, 0.4) is 0 Å². The minimum absolute atomic E-state index is 0.0841. The Kier molecular flexibility index (Phi) is 8.44. The zero-order chi connectivity index (χ0) is 22.8. The summed E-state index contributed by atoms with van der Waals surface area (Å²) in [6.45, 7) is 2.73. The van der Waals surface area contributed by atoms with Crippen LogP contribution in [0, 0.1) is 0 Å². The van der Waals surface area contributed by atoms with Crippen molar-refractivity contribution in [2.24, 2.45) is 0 Å². The first-order valence-corrected chi connectivity index (χ1v) is 10.9. The van der Waals surface area contributed by atoms with E-state index >= 15 is 0 Å². The van der Waals surface area contributed by atoms with Crippen molar-refractivity contribution in [3.8, 4) is 5.75 Å². The second-order valence-corrected chi connectivity index (χ2v) is 7.63. The van der Waals surface area contributed by atoms with Crippen LogP contribution < -0.4 is 10.1 Å². The molecule has 32 heavy (non-hydrogen) atoms. The first-order valence-electron chi connectivity index (χ1n) is 10.9. The number of nitrogens with one attached hydrogen (secondary N) is 1. The molecule has 0 radical (unpaired) electrons. The van der Waals surface area contributed by atoms with Gasteiger partial charge in [-0.25, -0.2) is 0 Å². The fourth-order valence-electron chi connectivity index (χ4n) is 3.65. The van der Waals surface area contributed by atoms with Gasteiger partial charge in [-0.2, -0.15) is 0 Å². The summed E-state index contributed by atoms with van der Waals surface area (Å²) < 4.78 is 5.25. The van der Waals surface area contributed by atoms with E-state index in [0.717, 1.165) is 22.4 Å². The Hall–Kier alpha value is -3.60. The van der Waals surface area contributed by atoms with E-state index in [-0.39, 0.29) is 18.2 Å². The van der Waals surface area contributed by atoms with Crippen molar-refractivity contribution >= 4 is 11.8 Å². The fraction of sp³-hybridized carbons (Fsp3) is 0.259. The second-order valence-electron chi connectivity index (χ2n) is 7.63. The predicted molar refractivity (Wildman–Crippen MR) is 126 cm³/mol. The predicted octanol–water partition coefficient (Wildman–Crippen LogP) is 4.01. The number of amides is 2. The molecule has 5 heteroatoms. The maximum atomic E-state index is 13.5. The SMILES string of the molecule is CCNC(=O)[C@@H](Cc1ccccc1)N(Cc1ccc(OC)cc1)C(=O)Cc1ccccc1. The topological polar surface area (TPSA) is 58.6 Å². The molecule has 0 spiro atoms. The molecule has 1 atom stereocenters. The van der Waals surface area contributed by atoms with Gasteiger partial charge in [-0.3, -0.25) is 9.59 Å². The van der Waals surface area contributed by atoms with E-state index in [2.05, 4.69) is 5.32 Å². The average Bonchev–Trinajstić information content (AvgIpc) is 2.83. The van der Waals surface area contributed by atoms with Crippen LogP contribution in [-0.4, -0.2) is 36.4 Å². The summed E-state index contributed by atoms with van der Waals surface area (Å²) >= 11 is 0. The van der Waals surface area contributed by atoms with Crippen molar-refractivity contribution in [1.29, 1.82) is 0 Å². The molecular weight excluding hydrogens is 400 g/mol. The monoisotopic (exact) mass is 430 g/mol. The Morgan fingerprint density at radius 1 is 0.844 bits per heavy atom. The molecule has 0 aliphatic heterocycles. The lowest BCUT2D eigenvalue weighted by Crippen LogP contribution is -2.50. The summed E-state index contributed by atoms with van der Waals surface area (Å²) in [7, 11) is 1.62. The molecule has 0 aliphatic rings. The van der Waals surface area contributed by atoms with Crippen LogP contribution in [0.25, 0.3) is 0 Å². The van der Waals surface area contributed by atoms with Gasteiger partial charge in [0.25, 0.3) is 0 Å². The van der Waals surface area contributed by atoms with Gasteiger partial charge in [0.2, 0.25) is 11.8 Å². The molecule has 2 amide bonds. The number of benzene rings is 3. The first kappa shape index (κ1) is 23.1. The third-order valence-electron chi connectivity index (χ3n) is 5.33. The summed E-state index contributed by atoms with van der Waals surface area (Å²) in [5.41, 5.74) is 2.87. The van der Waals surface area contributed by atoms with E-state index in [1.807, 2.05) is 91.9 Å². The molecule has 0 aliphatic carbocycles. The number of carbonyl (C=O) groups excluding carboxylic acids is 2. The van der Waals surface area contributed by atoms with Crippen LogP contribution >= 0.6 is 0 Å². The van der Waals surface area contributed by atoms with Crippen LogP contribution in [0.15, 0.2) is 84.9 Å². The minimum atomic E-state index is -0.615. The fourth-order valence-corrected chi connectivity index (χ4v) is 3.65. The molecule has 166 valence electrons. The maximum absolute atomic E-state index is 13.5.